The summed E-state index contributed by atoms with van der Waals surface area (Å²) < 4.78 is 0. The molecular formula is C12H15N3O4S. The Morgan fingerprint density at radius 3 is 3.05 bits per heavy atom. The fraction of sp³-hybridized carbons (Fsp3) is 0.500. The summed E-state index contributed by atoms with van der Waals surface area (Å²) in [6.45, 7) is 2.46. The number of aryl methyl sites for hydroxylation is 1. The normalized spacial score (nSPS) is 18.9. The zero-order valence-electron chi connectivity index (χ0n) is 11.0. The number of carboxylic acids is 1. The summed E-state index contributed by atoms with van der Waals surface area (Å²) in [5.74, 6) is 1.42. The molecule has 0 radical (unpaired) electrons. The maximum atomic E-state index is 10.9. The number of aliphatic carboxylic acids is 1. The van der Waals surface area contributed by atoms with Crippen LogP contribution in [0.5, 0.6) is 0 Å². The van der Waals surface area contributed by atoms with Crippen molar-refractivity contribution in [2.45, 2.75) is 19.4 Å². The number of nitrogens with zero attached hydrogens (tertiary/aromatic N) is 3. The van der Waals surface area contributed by atoms with Gasteiger partial charge in [0.25, 0.3) is 5.69 Å². The second-order valence-electron chi connectivity index (χ2n) is 4.61. The van der Waals surface area contributed by atoms with Crippen LogP contribution in [-0.4, -0.2) is 45.1 Å². The number of carbonyl (C=O) groups is 1. The second kappa shape index (κ2) is 6.08. The van der Waals surface area contributed by atoms with Crippen LogP contribution in [-0.2, 0) is 4.79 Å². The monoisotopic (exact) mass is 297 g/mol. The minimum absolute atomic E-state index is 0.0467. The van der Waals surface area contributed by atoms with Crippen molar-refractivity contribution in [3.8, 4) is 0 Å². The van der Waals surface area contributed by atoms with Crippen LogP contribution in [0.2, 0.25) is 0 Å². The third-order valence-electron chi connectivity index (χ3n) is 3.16. The van der Waals surface area contributed by atoms with Gasteiger partial charge in [-0.25, -0.2) is 4.98 Å². The van der Waals surface area contributed by atoms with Gasteiger partial charge in [-0.05, 0) is 12.5 Å². The molecule has 0 aliphatic carbocycles. The number of carboxylic acid groups (broad SMARTS) is 1. The van der Waals surface area contributed by atoms with Gasteiger partial charge in [-0.1, -0.05) is 0 Å². The van der Waals surface area contributed by atoms with Crippen LogP contribution in [0.25, 0.3) is 0 Å². The van der Waals surface area contributed by atoms with Gasteiger partial charge in [-0.2, -0.15) is 11.8 Å². The molecule has 0 amide bonds. The molecule has 1 fully saturated rings. The Balaban J connectivity index is 2.27. The molecule has 2 heterocycles. The molecule has 7 nitrogen and oxygen atoms in total. The van der Waals surface area contributed by atoms with Crippen LogP contribution >= 0.6 is 11.8 Å². The molecule has 1 aliphatic rings. The number of pyridine rings is 1. The summed E-state index contributed by atoms with van der Waals surface area (Å²) in [6, 6.07) is 1.35. The average Bonchev–Trinajstić information content (AvgIpc) is 2.39. The lowest BCUT2D eigenvalue weighted by atomic mass is 10.1. The van der Waals surface area contributed by atoms with Crippen molar-refractivity contribution in [3.05, 3.63) is 27.9 Å². The first kappa shape index (κ1) is 14.6. The van der Waals surface area contributed by atoms with Crippen LogP contribution in [0, 0.1) is 17.0 Å². The molecule has 1 saturated heterocycles. The summed E-state index contributed by atoms with van der Waals surface area (Å²) in [7, 11) is 0. The Morgan fingerprint density at radius 1 is 1.70 bits per heavy atom. The highest BCUT2D eigenvalue weighted by molar-refractivity contribution is 7.99. The van der Waals surface area contributed by atoms with Gasteiger partial charge >= 0.3 is 5.97 Å². The number of thioether (sulfide) groups is 1. The summed E-state index contributed by atoms with van der Waals surface area (Å²) in [5.41, 5.74) is 0.647. The third-order valence-corrected chi connectivity index (χ3v) is 4.25. The van der Waals surface area contributed by atoms with Crippen LogP contribution in [0.3, 0.4) is 0 Å². The molecule has 1 aliphatic heterocycles. The number of nitro groups is 1. The molecule has 0 spiro atoms. The molecule has 2 rings (SSSR count). The smallest absolute Gasteiger partial charge is 0.305 e. The zero-order chi connectivity index (χ0) is 14.7. The predicted molar refractivity (Wildman–Crippen MR) is 76.3 cm³/mol. The van der Waals surface area contributed by atoms with Gasteiger partial charge in [-0.15, -0.1) is 0 Å². The molecule has 1 aromatic heterocycles. The van der Waals surface area contributed by atoms with Crippen molar-refractivity contribution < 1.29 is 14.8 Å². The fourth-order valence-electron chi connectivity index (χ4n) is 2.26. The quantitative estimate of drug-likeness (QED) is 0.667. The van der Waals surface area contributed by atoms with E-state index in [-0.39, 0.29) is 18.2 Å². The number of anilines is 1. The van der Waals surface area contributed by atoms with E-state index in [4.69, 9.17) is 5.11 Å². The van der Waals surface area contributed by atoms with Crippen molar-refractivity contribution in [1.82, 2.24) is 4.98 Å². The summed E-state index contributed by atoms with van der Waals surface area (Å²) >= 11 is 1.72. The highest BCUT2D eigenvalue weighted by Gasteiger charge is 2.27. The maximum absolute atomic E-state index is 10.9. The van der Waals surface area contributed by atoms with E-state index in [1.54, 1.807) is 18.7 Å². The Morgan fingerprint density at radius 2 is 2.45 bits per heavy atom. The number of aromatic nitrogens is 1. The Kier molecular flexibility index (Phi) is 4.43. The molecule has 0 bridgehead atoms. The van der Waals surface area contributed by atoms with Gasteiger partial charge in [0.1, 0.15) is 12.0 Å². The molecule has 1 atom stereocenters. The maximum Gasteiger partial charge on any atom is 0.305 e. The molecule has 0 saturated carbocycles. The van der Waals surface area contributed by atoms with Gasteiger partial charge in [0.15, 0.2) is 0 Å². The molecule has 1 N–H and O–H groups in total. The number of hydrogen-bond donors (Lipinski definition) is 1. The SMILES string of the molecule is Cc1cc([N+](=O)[O-])cnc1N1CCSCC1CC(=O)O. The van der Waals surface area contributed by atoms with Gasteiger partial charge in [0.05, 0.1) is 11.3 Å². The summed E-state index contributed by atoms with van der Waals surface area (Å²) in [5, 5.41) is 19.7. The first-order valence-electron chi connectivity index (χ1n) is 6.16. The highest BCUT2D eigenvalue weighted by Crippen LogP contribution is 2.28. The van der Waals surface area contributed by atoms with Gasteiger partial charge in [-0.3, -0.25) is 14.9 Å². The lowest BCUT2D eigenvalue weighted by molar-refractivity contribution is -0.385. The lowest BCUT2D eigenvalue weighted by Gasteiger charge is -2.36. The van der Waals surface area contributed by atoms with Crippen LogP contribution < -0.4 is 4.90 Å². The van der Waals surface area contributed by atoms with Gasteiger partial charge in [0, 0.05) is 30.2 Å². The minimum atomic E-state index is -0.845. The third kappa shape index (κ3) is 3.19. The molecular weight excluding hydrogens is 282 g/mol. The standard InChI is InChI=1S/C12H15N3O4S/c1-8-4-9(15(18)19)6-13-12(8)14-2-3-20-7-10(14)5-11(16)17/h4,6,10H,2-3,5,7H2,1H3,(H,16,17). The highest BCUT2D eigenvalue weighted by atomic mass is 32.2. The topological polar surface area (TPSA) is 96.6 Å². The van der Waals surface area contributed by atoms with Crippen molar-refractivity contribution in [1.29, 1.82) is 0 Å². The van der Waals surface area contributed by atoms with Crippen LogP contribution in [0.15, 0.2) is 12.3 Å². The summed E-state index contributed by atoms with van der Waals surface area (Å²) in [4.78, 5) is 27.3. The van der Waals surface area contributed by atoms with Crippen molar-refractivity contribution >= 4 is 29.2 Å². The minimum Gasteiger partial charge on any atom is -0.481 e. The second-order valence-corrected chi connectivity index (χ2v) is 5.76. The summed E-state index contributed by atoms with van der Waals surface area (Å²) in [6.07, 6.45) is 1.27. The Hall–Kier alpha value is -1.83. The van der Waals surface area contributed by atoms with E-state index in [1.165, 1.54) is 12.3 Å². The fourth-order valence-corrected chi connectivity index (χ4v) is 3.32. The lowest BCUT2D eigenvalue weighted by Crippen LogP contribution is -2.44. The molecule has 0 aromatic carbocycles. The number of hydrogen-bond acceptors (Lipinski definition) is 6. The van der Waals surface area contributed by atoms with Gasteiger partial charge < -0.3 is 10.0 Å². The number of rotatable bonds is 4. The van der Waals surface area contributed by atoms with E-state index in [0.717, 1.165) is 11.5 Å². The van der Waals surface area contributed by atoms with E-state index in [9.17, 15) is 14.9 Å². The zero-order valence-corrected chi connectivity index (χ0v) is 11.8. The van der Waals surface area contributed by atoms with Crippen LogP contribution in [0.4, 0.5) is 11.5 Å². The Labute approximate surface area is 120 Å². The van der Waals surface area contributed by atoms with E-state index >= 15 is 0 Å². The molecule has 20 heavy (non-hydrogen) atoms. The van der Waals surface area contributed by atoms with Crippen molar-refractivity contribution in [2.75, 3.05) is 23.0 Å². The van der Waals surface area contributed by atoms with Crippen LogP contribution in [0.1, 0.15) is 12.0 Å². The molecule has 108 valence electrons. The molecule has 1 aromatic rings. The van der Waals surface area contributed by atoms with Crippen molar-refractivity contribution in [3.63, 3.8) is 0 Å². The Bertz CT molecular complexity index is 537. The largest absolute Gasteiger partial charge is 0.481 e. The first-order chi connectivity index (χ1) is 9.49. The van der Waals surface area contributed by atoms with E-state index < -0.39 is 10.9 Å². The van der Waals surface area contributed by atoms with Gasteiger partial charge in [0.2, 0.25) is 0 Å². The average molecular weight is 297 g/mol. The van der Waals surface area contributed by atoms with E-state index in [2.05, 4.69) is 4.98 Å². The van der Waals surface area contributed by atoms with E-state index in [1.807, 2.05) is 4.90 Å². The molecule has 1 unspecified atom stereocenters. The molecule has 8 heteroatoms. The predicted octanol–water partition coefficient (Wildman–Crippen LogP) is 1.69. The van der Waals surface area contributed by atoms with Crippen molar-refractivity contribution in [2.24, 2.45) is 0 Å². The van der Waals surface area contributed by atoms with E-state index in [0.29, 0.717) is 17.9 Å². The first-order valence-corrected chi connectivity index (χ1v) is 7.31.